The maximum absolute atomic E-state index is 11.5. The topological polar surface area (TPSA) is 52.6 Å². The molecule has 0 amide bonds. The molecule has 1 saturated heterocycles. The zero-order chi connectivity index (χ0) is 14.8. The Morgan fingerprint density at radius 3 is 2.45 bits per heavy atom. The van der Waals surface area contributed by atoms with E-state index in [1.165, 1.54) is 17.5 Å². The maximum Gasteiger partial charge on any atom is 0.211 e. The molecule has 2 rings (SSSR count). The number of benzene rings is 1. The van der Waals surface area contributed by atoms with Crippen LogP contribution < -0.4 is 10.2 Å². The van der Waals surface area contributed by atoms with Crippen LogP contribution in [0.2, 0.25) is 0 Å². The summed E-state index contributed by atoms with van der Waals surface area (Å²) in [5.41, 5.74) is 2.39. The van der Waals surface area contributed by atoms with Crippen molar-refractivity contribution in [3.63, 3.8) is 0 Å². The fourth-order valence-electron chi connectivity index (χ4n) is 2.46. The minimum absolute atomic E-state index is 0.549. The fourth-order valence-corrected chi connectivity index (χ4v) is 3.69. The molecule has 0 bridgehead atoms. The summed E-state index contributed by atoms with van der Waals surface area (Å²) in [7, 11) is -1.15. The Morgan fingerprint density at radius 2 is 1.90 bits per heavy atom. The number of hydrogen-bond acceptors (Lipinski definition) is 4. The van der Waals surface area contributed by atoms with Crippen molar-refractivity contribution < 1.29 is 8.42 Å². The maximum atomic E-state index is 11.5. The first-order valence-corrected chi connectivity index (χ1v) is 9.19. The normalized spacial score (nSPS) is 17.4. The Bertz CT molecular complexity index is 569. The molecule has 1 aromatic carbocycles. The second-order valence-corrected chi connectivity index (χ2v) is 7.85. The summed E-state index contributed by atoms with van der Waals surface area (Å²) in [5, 5.41) is 3.17. The highest BCUT2D eigenvalue weighted by molar-refractivity contribution is 9.10. The van der Waals surface area contributed by atoms with E-state index in [1.807, 2.05) is 13.1 Å². The van der Waals surface area contributed by atoms with Gasteiger partial charge in [0.1, 0.15) is 0 Å². The Morgan fingerprint density at radius 1 is 1.25 bits per heavy atom. The molecule has 7 heteroatoms. The molecule has 5 nitrogen and oxygen atoms in total. The van der Waals surface area contributed by atoms with Crippen LogP contribution in [0.1, 0.15) is 5.56 Å². The van der Waals surface area contributed by atoms with Gasteiger partial charge < -0.3 is 10.2 Å². The molecule has 0 radical (unpaired) electrons. The van der Waals surface area contributed by atoms with Gasteiger partial charge >= 0.3 is 0 Å². The minimum Gasteiger partial charge on any atom is -0.369 e. The van der Waals surface area contributed by atoms with Gasteiger partial charge in [0.05, 0.1) is 6.26 Å². The highest BCUT2D eigenvalue weighted by Gasteiger charge is 2.24. The third-order valence-corrected chi connectivity index (χ3v) is 5.25. The van der Waals surface area contributed by atoms with E-state index >= 15 is 0 Å². The standard InChI is InChI=1S/C13H20BrN3O2S/c1-15-10-11-9-12(14)3-4-13(11)16-5-7-17(8-6-16)20(2,18)19/h3-4,9,15H,5-8,10H2,1-2H3. The minimum atomic E-state index is -3.07. The summed E-state index contributed by atoms with van der Waals surface area (Å²) in [4.78, 5) is 2.25. The summed E-state index contributed by atoms with van der Waals surface area (Å²) >= 11 is 3.49. The molecule has 0 unspecified atom stereocenters. The van der Waals surface area contributed by atoms with Gasteiger partial charge in [-0.1, -0.05) is 15.9 Å². The number of rotatable bonds is 4. The molecule has 0 aromatic heterocycles. The largest absolute Gasteiger partial charge is 0.369 e. The molecule has 0 spiro atoms. The second-order valence-electron chi connectivity index (χ2n) is 4.95. The predicted octanol–water partition coefficient (Wildman–Crippen LogP) is 1.25. The lowest BCUT2D eigenvalue weighted by Crippen LogP contribution is -2.48. The van der Waals surface area contributed by atoms with Gasteiger partial charge in [-0.2, -0.15) is 4.31 Å². The molecule has 0 aliphatic carbocycles. The molecule has 1 heterocycles. The van der Waals surface area contributed by atoms with E-state index in [0.717, 1.165) is 24.1 Å². The van der Waals surface area contributed by atoms with E-state index in [0.29, 0.717) is 13.1 Å². The van der Waals surface area contributed by atoms with Crippen LogP contribution in [0.3, 0.4) is 0 Å². The van der Waals surface area contributed by atoms with Crippen molar-refractivity contribution in [3.05, 3.63) is 28.2 Å². The molecular weight excluding hydrogens is 342 g/mol. The quantitative estimate of drug-likeness (QED) is 0.876. The number of sulfonamides is 1. The van der Waals surface area contributed by atoms with Crippen molar-refractivity contribution in [2.75, 3.05) is 44.4 Å². The van der Waals surface area contributed by atoms with Gasteiger partial charge in [0.15, 0.2) is 0 Å². The van der Waals surface area contributed by atoms with Gasteiger partial charge in [0.2, 0.25) is 10.0 Å². The van der Waals surface area contributed by atoms with Crippen LogP contribution in [0.4, 0.5) is 5.69 Å². The van der Waals surface area contributed by atoms with Gasteiger partial charge in [-0.3, -0.25) is 0 Å². The van der Waals surface area contributed by atoms with Gasteiger partial charge in [-0.05, 0) is 30.8 Å². The van der Waals surface area contributed by atoms with Crippen LogP contribution in [0.15, 0.2) is 22.7 Å². The molecule has 1 fully saturated rings. The number of halogens is 1. The summed E-state index contributed by atoms with van der Waals surface area (Å²) < 4.78 is 25.7. The van der Waals surface area contributed by atoms with Crippen molar-refractivity contribution >= 4 is 31.6 Å². The third-order valence-electron chi connectivity index (χ3n) is 3.46. The summed E-state index contributed by atoms with van der Waals surface area (Å²) in [6.07, 6.45) is 1.27. The average molecular weight is 362 g/mol. The predicted molar refractivity (Wildman–Crippen MR) is 85.5 cm³/mol. The number of piperazine rings is 1. The lowest BCUT2D eigenvalue weighted by molar-refractivity contribution is 0.387. The van der Waals surface area contributed by atoms with Crippen LogP contribution in [0, 0.1) is 0 Å². The average Bonchev–Trinajstić information content (AvgIpc) is 2.38. The van der Waals surface area contributed by atoms with Crippen LogP contribution in [-0.4, -0.2) is 52.2 Å². The first kappa shape index (κ1) is 15.8. The van der Waals surface area contributed by atoms with Crippen molar-refractivity contribution in [2.24, 2.45) is 0 Å². The highest BCUT2D eigenvalue weighted by atomic mass is 79.9. The van der Waals surface area contributed by atoms with Crippen molar-refractivity contribution in [1.82, 2.24) is 9.62 Å². The zero-order valence-corrected chi connectivity index (χ0v) is 14.2. The summed E-state index contributed by atoms with van der Waals surface area (Å²) in [6, 6.07) is 6.22. The molecule has 0 atom stereocenters. The summed E-state index contributed by atoms with van der Waals surface area (Å²) in [5.74, 6) is 0. The van der Waals surface area contributed by atoms with Crippen LogP contribution in [0.5, 0.6) is 0 Å². The fraction of sp³-hybridized carbons (Fsp3) is 0.538. The van der Waals surface area contributed by atoms with Crippen molar-refractivity contribution in [1.29, 1.82) is 0 Å². The van der Waals surface area contributed by atoms with Gasteiger partial charge in [-0.25, -0.2) is 8.42 Å². The van der Waals surface area contributed by atoms with E-state index in [1.54, 1.807) is 4.31 Å². The Balaban J connectivity index is 2.14. The number of hydrogen-bond donors (Lipinski definition) is 1. The van der Waals surface area contributed by atoms with Gasteiger partial charge in [0, 0.05) is 42.9 Å². The monoisotopic (exact) mass is 361 g/mol. The molecule has 112 valence electrons. The Hall–Kier alpha value is -0.630. The van der Waals surface area contributed by atoms with Crippen LogP contribution in [-0.2, 0) is 16.6 Å². The smallest absolute Gasteiger partial charge is 0.211 e. The number of nitrogens with one attached hydrogen (secondary N) is 1. The molecular formula is C13H20BrN3O2S. The van der Waals surface area contributed by atoms with Crippen molar-refractivity contribution in [2.45, 2.75) is 6.54 Å². The SMILES string of the molecule is CNCc1cc(Br)ccc1N1CCN(S(C)(=O)=O)CC1. The van der Waals surface area contributed by atoms with E-state index in [4.69, 9.17) is 0 Å². The molecule has 0 saturated carbocycles. The van der Waals surface area contributed by atoms with Gasteiger partial charge in [-0.15, -0.1) is 0 Å². The highest BCUT2D eigenvalue weighted by Crippen LogP contribution is 2.26. The van der Waals surface area contributed by atoms with E-state index in [2.05, 4.69) is 38.3 Å². The Kier molecular flexibility index (Phi) is 5.06. The molecule has 1 aliphatic heterocycles. The Labute approximate surface area is 129 Å². The second kappa shape index (κ2) is 6.43. The van der Waals surface area contributed by atoms with Crippen LogP contribution in [0.25, 0.3) is 0 Å². The summed E-state index contributed by atoms with van der Waals surface area (Å²) in [6.45, 7) is 3.35. The first-order valence-electron chi connectivity index (χ1n) is 6.55. The van der Waals surface area contributed by atoms with Crippen LogP contribution >= 0.6 is 15.9 Å². The van der Waals surface area contributed by atoms with E-state index in [9.17, 15) is 8.42 Å². The molecule has 20 heavy (non-hydrogen) atoms. The lowest BCUT2D eigenvalue weighted by atomic mass is 10.1. The lowest BCUT2D eigenvalue weighted by Gasteiger charge is -2.35. The van der Waals surface area contributed by atoms with E-state index in [-0.39, 0.29) is 0 Å². The molecule has 1 aromatic rings. The number of nitrogens with zero attached hydrogens (tertiary/aromatic N) is 2. The number of anilines is 1. The molecule has 1 N–H and O–H groups in total. The zero-order valence-electron chi connectivity index (χ0n) is 11.8. The molecule has 1 aliphatic rings. The van der Waals surface area contributed by atoms with Gasteiger partial charge in [0.25, 0.3) is 0 Å². The first-order chi connectivity index (χ1) is 9.41. The van der Waals surface area contributed by atoms with E-state index < -0.39 is 10.0 Å². The third kappa shape index (κ3) is 3.72. The van der Waals surface area contributed by atoms with Crippen molar-refractivity contribution in [3.8, 4) is 0 Å².